The molecule has 1 aromatic heterocycles. The molecule has 218 valence electrons. The predicted molar refractivity (Wildman–Crippen MR) is 163 cm³/mol. The second-order valence-electron chi connectivity index (χ2n) is 9.03. The molecule has 0 radical (unpaired) electrons. The molecule has 5 rings (SSSR count). The Morgan fingerprint density at radius 1 is 0.814 bits per heavy atom. The first-order valence-corrected chi connectivity index (χ1v) is 13.3. The monoisotopic (exact) mass is 599 g/mol. The van der Waals surface area contributed by atoms with E-state index in [0.717, 1.165) is 0 Å². The van der Waals surface area contributed by atoms with Gasteiger partial charge in [-0.2, -0.15) is 9.78 Å². The van der Waals surface area contributed by atoms with Crippen molar-refractivity contribution in [1.29, 1.82) is 0 Å². The topological polar surface area (TPSA) is 110 Å². The van der Waals surface area contributed by atoms with E-state index < -0.39 is 5.97 Å². The van der Waals surface area contributed by atoms with Gasteiger partial charge < -0.3 is 23.7 Å². The standard InChI is InChI=1S/C32H26ClN3O7/c1-39-26-15-19(9-14-25(26)43-32(38)21-16-27(40-2)29(42-4)28(17-21)41-3)18-34-36-30(20-10-12-22(33)13-11-20)35-24-8-6-5-7-23(24)31(36)37/h5-18H,1-4H3. The van der Waals surface area contributed by atoms with Crippen LogP contribution in [0.25, 0.3) is 22.3 Å². The Morgan fingerprint density at radius 3 is 2.14 bits per heavy atom. The highest BCUT2D eigenvalue weighted by Gasteiger charge is 2.20. The zero-order chi connectivity index (χ0) is 30.5. The first-order chi connectivity index (χ1) is 20.9. The third-order valence-electron chi connectivity index (χ3n) is 6.47. The first kappa shape index (κ1) is 29.2. The zero-order valence-corrected chi connectivity index (χ0v) is 24.4. The fraction of sp³-hybridized carbons (Fsp3) is 0.125. The molecule has 0 saturated heterocycles. The van der Waals surface area contributed by atoms with Crippen LogP contribution in [-0.4, -0.2) is 50.3 Å². The minimum atomic E-state index is -0.666. The molecule has 0 aliphatic heterocycles. The van der Waals surface area contributed by atoms with Gasteiger partial charge in [-0.1, -0.05) is 23.7 Å². The normalized spacial score (nSPS) is 11.0. The average Bonchev–Trinajstić information content (AvgIpc) is 3.04. The van der Waals surface area contributed by atoms with Crippen molar-refractivity contribution in [3.63, 3.8) is 0 Å². The Balaban J connectivity index is 1.48. The number of aromatic nitrogens is 2. The number of hydrogen-bond acceptors (Lipinski definition) is 9. The van der Waals surface area contributed by atoms with E-state index in [-0.39, 0.29) is 22.6 Å². The molecule has 11 heteroatoms. The number of nitrogens with zero attached hydrogens (tertiary/aromatic N) is 3. The van der Waals surface area contributed by atoms with Crippen LogP contribution in [0.4, 0.5) is 0 Å². The van der Waals surface area contributed by atoms with E-state index in [1.54, 1.807) is 60.7 Å². The highest BCUT2D eigenvalue weighted by molar-refractivity contribution is 6.30. The van der Waals surface area contributed by atoms with Crippen LogP contribution >= 0.6 is 11.6 Å². The van der Waals surface area contributed by atoms with Gasteiger partial charge in [-0.15, -0.1) is 0 Å². The summed E-state index contributed by atoms with van der Waals surface area (Å²) in [6.45, 7) is 0. The van der Waals surface area contributed by atoms with E-state index in [1.807, 2.05) is 6.07 Å². The highest BCUT2D eigenvalue weighted by Crippen LogP contribution is 2.39. The summed E-state index contributed by atoms with van der Waals surface area (Å²) >= 11 is 6.08. The maximum absolute atomic E-state index is 13.5. The lowest BCUT2D eigenvalue weighted by Gasteiger charge is -2.14. The number of rotatable bonds is 9. The minimum absolute atomic E-state index is 0.171. The van der Waals surface area contributed by atoms with E-state index >= 15 is 0 Å². The van der Waals surface area contributed by atoms with Crippen LogP contribution in [0.5, 0.6) is 28.7 Å². The molecular weight excluding hydrogens is 574 g/mol. The molecule has 0 bridgehead atoms. The summed E-state index contributed by atoms with van der Waals surface area (Å²) in [5, 5.41) is 5.45. The largest absolute Gasteiger partial charge is 0.493 e. The highest BCUT2D eigenvalue weighted by atomic mass is 35.5. The van der Waals surface area contributed by atoms with Crippen molar-refractivity contribution >= 4 is 34.7 Å². The number of halogens is 1. The van der Waals surface area contributed by atoms with Gasteiger partial charge in [0.1, 0.15) is 0 Å². The first-order valence-electron chi connectivity index (χ1n) is 12.9. The van der Waals surface area contributed by atoms with E-state index in [2.05, 4.69) is 5.10 Å². The van der Waals surface area contributed by atoms with Crippen molar-refractivity contribution in [2.45, 2.75) is 0 Å². The van der Waals surface area contributed by atoms with E-state index in [1.165, 1.54) is 51.5 Å². The summed E-state index contributed by atoms with van der Waals surface area (Å²) in [6.07, 6.45) is 1.49. The Bertz CT molecular complexity index is 1880. The van der Waals surface area contributed by atoms with Gasteiger partial charge in [0.05, 0.1) is 51.1 Å². The van der Waals surface area contributed by atoms with Crippen molar-refractivity contribution in [3.8, 4) is 40.1 Å². The SMILES string of the molecule is COc1cc(C=Nn2c(-c3ccc(Cl)cc3)nc3ccccc3c2=O)ccc1OC(=O)c1cc(OC)c(OC)c(OC)c1. The predicted octanol–water partition coefficient (Wildman–Crippen LogP) is 5.85. The van der Waals surface area contributed by atoms with Crippen molar-refractivity contribution in [3.05, 3.63) is 105 Å². The van der Waals surface area contributed by atoms with Crippen LogP contribution in [-0.2, 0) is 0 Å². The molecule has 0 saturated carbocycles. The van der Waals surface area contributed by atoms with Crippen LogP contribution in [0.2, 0.25) is 5.02 Å². The van der Waals surface area contributed by atoms with Crippen LogP contribution in [0.3, 0.4) is 0 Å². The van der Waals surface area contributed by atoms with Gasteiger partial charge in [0.25, 0.3) is 5.56 Å². The number of benzene rings is 4. The third-order valence-corrected chi connectivity index (χ3v) is 6.72. The summed E-state index contributed by atoms with van der Waals surface area (Å²) in [7, 11) is 5.83. The maximum Gasteiger partial charge on any atom is 0.343 e. The third kappa shape index (κ3) is 6.00. The van der Waals surface area contributed by atoms with Crippen molar-refractivity contribution in [1.82, 2.24) is 9.66 Å². The molecule has 0 spiro atoms. The van der Waals surface area contributed by atoms with Gasteiger partial charge in [-0.05, 0) is 72.3 Å². The number of fused-ring (bicyclic) bond motifs is 1. The van der Waals surface area contributed by atoms with Gasteiger partial charge in [0, 0.05) is 10.6 Å². The quantitative estimate of drug-likeness (QED) is 0.118. The molecule has 0 aliphatic carbocycles. The second kappa shape index (κ2) is 12.7. The molecule has 4 aromatic carbocycles. The fourth-order valence-electron chi connectivity index (χ4n) is 4.35. The van der Waals surface area contributed by atoms with Gasteiger partial charge in [0.15, 0.2) is 28.8 Å². The molecule has 0 N–H and O–H groups in total. The number of ether oxygens (including phenoxy) is 5. The summed E-state index contributed by atoms with van der Waals surface area (Å²) in [5.41, 5.74) is 1.63. The lowest BCUT2D eigenvalue weighted by atomic mass is 10.1. The molecule has 43 heavy (non-hydrogen) atoms. The van der Waals surface area contributed by atoms with Crippen LogP contribution in [0, 0.1) is 0 Å². The smallest absolute Gasteiger partial charge is 0.343 e. The molecular formula is C32H26ClN3O7. The van der Waals surface area contributed by atoms with Crippen LogP contribution in [0.15, 0.2) is 88.8 Å². The maximum atomic E-state index is 13.5. The Kier molecular flexibility index (Phi) is 8.59. The number of carbonyl (C=O) groups is 1. The zero-order valence-electron chi connectivity index (χ0n) is 23.7. The van der Waals surface area contributed by atoms with E-state index in [0.29, 0.717) is 50.1 Å². The average molecular weight is 600 g/mol. The van der Waals surface area contributed by atoms with Crippen LogP contribution in [0.1, 0.15) is 15.9 Å². The van der Waals surface area contributed by atoms with E-state index in [4.69, 9.17) is 40.3 Å². The summed E-state index contributed by atoms with van der Waals surface area (Å²) in [6, 6.07) is 21.9. The lowest BCUT2D eigenvalue weighted by molar-refractivity contribution is 0.0728. The van der Waals surface area contributed by atoms with Crippen molar-refractivity contribution < 1.29 is 28.5 Å². The van der Waals surface area contributed by atoms with Gasteiger partial charge in [-0.25, -0.2) is 9.78 Å². The number of para-hydroxylation sites is 1. The Morgan fingerprint density at radius 2 is 1.49 bits per heavy atom. The minimum Gasteiger partial charge on any atom is -0.493 e. The molecule has 5 aromatic rings. The number of esters is 1. The van der Waals surface area contributed by atoms with Gasteiger partial charge >= 0.3 is 5.97 Å². The van der Waals surface area contributed by atoms with Gasteiger partial charge in [0.2, 0.25) is 5.75 Å². The van der Waals surface area contributed by atoms with Crippen molar-refractivity contribution in [2.75, 3.05) is 28.4 Å². The second-order valence-corrected chi connectivity index (χ2v) is 9.47. The number of carbonyl (C=O) groups excluding carboxylic acids is 1. The lowest BCUT2D eigenvalue weighted by Crippen LogP contribution is -2.20. The Hall–Kier alpha value is -5.35. The molecule has 0 fully saturated rings. The fourth-order valence-corrected chi connectivity index (χ4v) is 4.47. The summed E-state index contributed by atoms with van der Waals surface area (Å²) in [5.74, 6) is 1.09. The van der Waals surface area contributed by atoms with E-state index in [9.17, 15) is 9.59 Å². The molecule has 0 aliphatic rings. The van der Waals surface area contributed by atoms with Crippen LogP contribution < -0.4 is 29.2 Å². The molecule has 10 nitrogen and oxygen atoms in total. The summed E-state index contributed by atoms with van der Waals surface area (Å²) in [4.78, 5) is 31.2. The van der Waals surface area contributed by atoms with Crippen molar-refractivity contribution in [2.24, 2.45) is 5.10 Å². The number of hydrogen-bond donors (Lipinski definition) is 0. The summed E-state index contributed by atoms with van der Waals surface area (Å²) < 4.78 is 28.3. The molecule has 1 heterocycles. The van der Waals surface area contributed by atoms with Gasteiger partial charge in [-0.3, -0.25) is 4.79 Å². The molecule has 0 unspecified atom stereocenters. The molecule has 0 atom stereocenters. The number of methoxy groups -OCH3 is 4. The molecule has 0 amide bonds. The Labute approximate surface area is 251 Å².